The molecule has 0 bridgehead atoms. The Morgan fingerprint density at radius 3 is 1.55 bits per heavy atom. The van der Waals surface area contributed by atoms with E-state index < -0.39 is 0 Å². The third-order valence-electron chi connectivity index (χ3n) is 6.91. The maximum atomic E-state index is 6.71. The fraction of sp³-hybridized carbons (Fsp3) is 0. The van der Waals surface area contributed by atoms with Gasteiger partial charge in [0.05, 0.1) is 33.8 Å². The number of anilines is 5. The van der Waals surface area contributed by atoms with Crippen molar-refractivity contribution < 1.29 is 4.74 Å². The predicted molar refractivity (Wildman–Crippen MR) is 154 cm³/mol. The van der Waals surface area contributed by atoms with Crippen LogP contribution in [-0.4, -0.2) is 9.97 Å². The molecule has 6 nitrogen and oxygen atoms in total. The topological polar surface area (TPSA) is 90.3 Å². The fourth-order valence-corrected chi connectivity index (χ4v) is 5.18. The van der Waals surface area contributed by atoms with Crippen molar-refractivity contribution in [2.45, 2.75) is 0 Å². The molecule has 182 valence electrons. The Kier molecular flexibility index (Phi) is 4.97. The quantitative estimate of drug-likeness (QED) is 0.245. The smallest absolute Gasteiger partial charge is 0.151 e. The summed E-state index contributed by atoms with van der Waals surface area (Å²) in [6.45, 7) is 0. The maximum absolute atomic E-state index is 6.71. The summed E-state index contributed by atoms with van der Waals surface area (Å²) in [5.41, 5.74) is 22.2. The number of hydrogen-bond donors (Lipinski definition) is 2. The lowest BCUT2D eigenvalue weighted by atomic mass is 9.93. The first kappa shape index (κ1) is 21.9. The van der Waals surface area contributed by atoms with E-state index in [4.69, 9.17) is 21.2 Å². The number of nitrogens with zero attached hydrogens (tertiary/aromatic N) is 3. The van der Waals surface area contributed by atoms with Crippen LogP contribution in [0.25, 0.3) is 33.3 Å². The zero-order chi connectivity index (χ0) is 25.6. The molecule has 7 rings (SSSR count). The van der Waals surface area contributed by atoms with Gasteiger partial charge in [-0.25, -0.2) is 0 Å². The van der Waals surface area contributed by atoms with Crippen LogP contribution in [0.5, 0.6) is 11.5 Å². The molecular formula is C32H23N5O. The van der Waals surface area contributed by atoms with Crippen molar-refractivity contribution in [1.82, 2.24) is 9.97 Å². The Hall–Kier alpha value is -5.36. The fourth-order valence-electron chi connectivity index (χ4n) is 5.18. The molecule has 0 unspecified atom stereocenters. The summed E-state index contributed by atoms with van der Waals surface area (Å²) in [6.07, 6.45) is 3.37. The standard InChI is InChI=1S/C32H23N5O/c33-29-27(20-8-2-1-3-9-20)31-32(36-19-18-35-31)28(30(29)34)21-14-16-22(17-15-21)37-23-10-4-6-12-25(23)38-26-13-7-5-11-24(26)37/h1-19H,33-34H2. The van der Waals surface area contributed by atoms with E-state index in [1.807, 2.05) is 66.7 Å². The minimum Gasteiger partial charge on any atom is -0.453 e. The van der Waals surface area contributed by atoms with Gasteiger partial charge in [-0.2, -0.15) is 0 Å². The highest BCUT2D eigenvalue weighted by Gasteiger charge is 2.26. The molecule has 38 heavy (non-hydrogen) atoms. The van der Waals surface area contributed by atoms with Gasteiger partial charge in [0.25, 0.3) is 0 Å². The van der Waals surface area contributed by atoms with E-state index in [0.717, 1.165) is 56.3 Å². The van der Waals surface area contributed by atoms with Crippen LogP contribution in [-0.2, 0) is 0 Å². The number of hydrogen-bond acceptors (Lipinski definition) is 6. The normalized spacial score (nSPS) is 12.1. The first-order valence-electron chi connectivity index (χ1n) is 12.3. The lowest BCUT2D eigenvalue weighted by Gasteiger charge is -2.32. The maximum Gasteiger partial charge on any atom is 0.151 e. The van der Waals surface area contributed by atoms with E-state index >= 15 is 0 Å². The zero-order valence-corrected chi connectivity index (χ0v) is 20.4. The van der Waals surface area contributed by atoms with Crippen LogP contribution in [0.15, 0.2) is 116 Å². The van der Waals surface area contributed by atoms with Crippen LogP contribution >= 0.6 is 0 Å². The summed E-state index contributed by atoms with van der Waals surface area (Å²) in [5, 5.41) is 0. The molecule has 0 aliphatic carbocycles. The summed E-state index contributed by atoms with van der Waals surface area (Å²) in [6, 6.07) is 34.3. The Balaban J connectivity index is 1.38. The molecule has 0 amide bonds. The molecule has 0 atom stereocenters. The third kappa shape index (κ3) is 3.35. The highest BCUT2D eigenvalue weighted by molar-refractivity contribution is 6.12. The third-order valence-corrected chi connectivity index (χ3v) is 6.91. The van der Waals surface area contributed by atoms with E-state index in [0.29, 0.717) is 16.9 Å². The summed E-state index contributed by atoms with van der Waals surface area (Å²) in [5.74, 6) is 1.62. The lowest BCUT2D eigenvalue weighted by Crippen LogP contribution is -2.15. The molecule has 0 radical (unpaired) electrons. The summed E-state index contributed by atoms with van der Waals surface area (Å²) in [4.78, 5) is 11.6. The number of benzene rings is 5. The van der Waals surface area contributed by atoms with E-state index in [9.17, 15) is 0 Å². The van der Waals surface area contributed by atoms with E-state index in [1.165, 1.54) is 0 Å². The number of nitrogen functional groups attached to an aromatic ring is 2. The van der Waals surface area contributed by atoms with Crippen LogP contribution < -0.4 is 21.1 Å². The molecule has 1 aromatic heterocycles. The van der Waals surface area contributed by atoms with Gasteiger partial charge in [-0.15, -0.1) is 0 Å². The number of para-hydroxylation sites is 4. The van der Waals surface area contributed by atoms with Gasteiger partial charge in [-0.3, -0.25) is 9.97 Å². The van der Waals surface area contributed by atoms with E-state index in [1.54, 1.807) is 12.4 Å². The summed E-state index contributed by atoms with van der Waals surface area (Å²) in [7, 11) is 0. The number of nitrogens with two attached hydrogens (primary N) is 2. The molecule has 1 aliphatic rings. The number of fused-ring (bicyclic) bond motifs is 3. The van der Waals surface area contributed by atoms with E-state index in [2.05, 4.69) is 46.3 Å². The second kappa shape index (κ2) is 8.64. The Labute approximate surface area is 219 Å². The number of ether oxygens (including phenoxy) is 1. The zero-order valence-electron chi connectivity index (χ0n) is 20.4. The van der Waals surface area contributed by atoms with Gasteiger partial charge in [-0.05, 0) is 47.5 Å². The highest BCUT2D eigenvalue weighted by atomic mass is 16.5. The molecular weight excluding hydrogens is 470 g/mol. The molecule has 0 saturated carbocycles. The Morgan fingerprint density at radius 2 is 1.00 bits per heavy atom. The Morgan fingerprint density at radius 1 is 0.526 bits per heavy atom. The Bertz CT molecular complexity index is 1770. The number of rotatable bonds is 3. The molecule has 2 heterocycles. The van der Waals surface area contributed by atoms with Crippen molar-refractivity contribution in [3.8, 4) is 33.8 Å². The van der Waals surface area contributed by atoms with Gasteiger partial charge < -0.3 is 21.1 Å². The molecule has 0 spiro atoms. The second-order valence-electron chi connectivity index (χ2n) is 9.12. The lowest BCUT2D eigenvalue weighted by molar-refractivity contribution is 0.477. The molecule has 1 aliphatic heterocycles. The van der Waals surface area contributed by atoms with Crippen LogP contribution in [0.3, 0.4) is 0 Å². The van der Waals surface area contributed by atoms with Crippen molar-refractivity contribution in [2.75, 3.05) is 16.4 Å². The average Bonchev–Trinajstić information content (AvgIpc) is 2.97. The van der Waals surface area contributed by atoms with Crippen LogP contribution in [0.1, 0.15) is 0 Å². The minimum atomic E-state index is 0.492. The van der Waals surface area contributed by atoms with Crippen LogP contribution in [0.2, 0.25) is 0 Å². The molecule has 6 aromatic rings. The first-order valence-corrected chi connectivity index (χ1v) is 12.3. The number of aromatic nitrogens is 2. The van der Waals surface area contributed by atoms with Gasteiger partial charge in [0.15, 0.2) is 11.5 Å². The van der Waals surface area contributed by atoms with Gasteiger partial charge in [-0.1, -0.05) is 66.7 Å². The van der Waals surface area contributed by atoms with Crippen molar-refractivity contribution in [1.29, 1.82) is 0 Å². The largest absolute Gasteiger partial charge is 0.453 e. The van der Waals surface area contributed by atoms with Crippen molar-refractivity contribution in [2.24, 2.45) is 0 Å². The van der Waals surface area contributed by atoms with Crippen molar-refractivity contribution >= 4 is 39.5 Å². The van der Waals surface area contributed by atoms with Crippen LogP contribution in [0, 0.1) is 0 Å². The van der Waals surface area contributed by atoms with Gasteiger partial charge in [0.2, 0.25) is 0 Å². The molecule has 6 heteroatoms. The van der Waals surface area contributed by atoms with Crippen molar-refractivity contribution in [3.05, 3.63) is 116 Å². The van der Waals surface area contributed by atoms with Gasteiger partial charge >= 0.3 is 0 Å². The average molecular weight is 494 g/mol. The van der Waals surface area contributed by atoms with E-state index in [-0.39, 0.29) is 0 Å². The predicted octanol–water partition coefficient (Wildman–Crippen LogP) is 7.70. The van der Waals surface area contributed by atoms with Crippen LogP contribution in [0.4, 0.5) is 28.4 Å². The second-order valence-corrected chi connectivity index (χ2v) is 9.12. The molecule has 0 fully saturated rings. The minimum absolute atomic E-state index is 0.492. The highest BCUT2D eigenvalue weighted by Crippen LogP contribution is 2.50. The summed E-state index contributed by atoms with van der Waals surface area (Å²) >= 11 is 0. The van der Waals surface area contributed by atoms with Gasteiger partial charge in [0, 0.05) is 29.2 Å². The molecule has 4 N–H and O–H groups in total. The molecule has 0 saturated heterocycles. The SMILES string of the molecule is Nc1c(N)c(-c2ccc(N3c4ccccc4Oc4ccccc43)cc2)c2nccnc2c1-c1ccccc1. The summed E-state index contributed by atoms with van der Waals surface area (Å²) < 4.78 is 6.16. The van der Waals surface area contributed by atoms with Gasteiger partial charge in [0.1, 0.15) is 0 Å². The monoisotopic (exact) mass is 493 g/mol. The first-order chi connectivity index (χ1) is 18.7. The molecule has 5 aromatic carbocycles. The van der Waals surface area contributed by atoms with Crippen molar-refractivity contribution in [3.63, 3.8) is 0 Å².